The number of ether oxygens (including phenoxy) is 3. The Morgan fingerprint density at radius 3 is 2.49 bits per heavy atom. The summed E-state index contributed by atoms with van der Waals surface area (Å²) in [5.41, 5.74) is 2.92. The van der Waals surface area contributed by atoms with E-state index in [0.717, 1.165) is 6.26 Å². The van der Waals surface area contributed by atoms with Gasteiger partial charge in [-0.15, -0.1) is 0 Å². The van der Waals surface area contributed by atoms with Crippen LogP contribution < -0.4 is 14.4 Å². The molecule has 0 amide bonds. The number of methoxy groups -OCH3 is 1. The fourth-order valence-electron chi connectivity index (χ4n) is 6.36. The average Bonchev–Trinajstić information content (AvgIpc) is 3.08. The summed E-state index contributed by atoms with van der Waals surface area (Å²) < 4.78 is 72.9. The van der Waals surface area contributed by atoms with E-state index < -0.39 is 27.6 Å². The van der Waals surface area contributed by atoms with Crippen LogP contribution in [0.5, 0.6) is 5.88 Å². The molecule has 0 aliphatic carbocycles. The van der Waals surface area contributed by atoms with Gasteiger partial charge in [0.1, 0.15) is 17.3 Å². The van der Waals surface area contributed by atoms with E-state index >= 15 is 8.78 Å². The molecule has 49 heavy (non-hydrogen) atoms. The van der Waals surface area contributed by atoms with Gasteiger partial charge in [0.2, 0.25) is 21.9 Å². The number of morpholine rings is 1. The van der Waals surface area contributed by atoms with Crippen LogP contribution in [0.15, 0.2) is 42.6 Å². The van der Waals surface area contributed by atoms with E-state index in [1.165, 1.54) is 31.5 Å². The zero-order valence-electron chi connectivity index (χ0n) is 27.5. The van der Waals surface area contributed by atoms with Gasteiger partial charge < -0.3 is 19.1 Å². The van der Waals surface area contributed by atoms with Crippen molar-refractivity contribution in [1.82, 2.24) is 19.9 Å². The first-order chi connectivity index (χ1) is 23.5. The Labute approximate surface area is 283 Å². The average molecular weight is 697 g/mol. The monoisotopic (exact) mass is 696 g/mol. The fourth-order valence-corrected chi connectivity index (χ4v) is 6.90. The minimum Gasteiger partial charge on any atom is -0.480 e. The van der Waals surface area contributed by atoms with E-state index in [2.05, 4.69) is 14.6 Å². The molecule has 260 valence electrons. The number of hydrogen-bond donors (Lipinski definition) is 1. The third-order valence-corrected chi connectivity index (χ3v) is 9.26. The predicted octanol–water partition coefficient (Wildman–Crippen LogP) is 4.74. The van der Waals surface area contributed by atoms with Gasteiger partial charge in [-0.3, -0.25) is 9.62 Å². The molecule has 12 nitrogen and oxygen atoms in total. The van der Waals surface area contributed by atoms with Crippen molar-refractivity contribution in [3.63, 3.8) is 0 Å². The van der Waals surface area contributed by atoms with Gasteiger partial charge in [-0.1, -0.05) is 6.07 Å². The van der Waals surface area contributed by atoms with Gasteiger partial charge in [-0.05, 0) is 80.2 Å². The van der Waals surface area contributed by atoms with Crippen molar-refractivity contribution in [2.24, 2.45) is 0 Å². The number of nitrogens with one attached hydrogen (secondary N) is 1. The second kappa shape index (κ2) is 14.6. The van der Waals surface area contributed by atoms with E-state index in [-0.39, 0.29) is 29.7 Å². The van der Waals surface area contributed by atoms with E-state index in [1.54, 1.807) is 25.1 Å². The number of carbonyl (C=O) groups excluding carboxylic acids is 1. The predicted molar refractivity (Wildman–Crippen MR) is 180 cm³/mol. The number of anilines is 2. The first-order valence-electron chi connectivity index (χ1n) is 16.1. The molecule has 0 unspecified atom stereocenters. The smallest absolute Gasteiger partial charge is 0.338 e. The molecule has 0 radical (unpaired) electrons. The zero-order valence-corrected chi connectivity index (χ0v) is 28.4. The molecule has 2 saturated heterocycles. The molecule has 0 saturated carbocycles. The molecule has 2 aromatic heterocycles. The largest absolute Gasteiger partial charge is 0.480 e. The maximum absolute atomic E-state index is 15.4. The van der Waals surface area contributed by atoms with Crippen molar-refractivity contribution >= 4 is 38.5 Å². The summed E-state index contributed by atoms with van der Waals surface area (Å²) in [4.78, 5) is 30.3. The number of carbonyl (C=O) groups is 1. The van der Waals surface area contributed by atoms with E-state index in [0.29, 0.717) is 98.0 Å². The highest BCUT2D eigenvalue weighted by atomic mass is 32.2. The molecular weight excluding hydrogens is 658 g/mol. The summed E-state index contributed by atoms with van der Waals surface area (Å²) >= 11 is 0. The first-order valence-corrected chi connectivity index (χ1v) is 18.0. The van der Waals surface area contributed by atoms with Crippen LogP contribution in [0.2, 0.25) is 0 Å². The van der Waals surface area contributed by atoms with Crippen molar-refractivity contribution in [3.8, 4) is 17.1 Å². The highest BCUT2D eigenvalue weighted by Gasteiger charge is 2.26. The first kappa shape index (κ1) is 34.4. The zero-order chi connectivity index (χ0) is 34.7. The number of hydrogen-bond acceptors (Lipinski definition) is 11. The van der Waals surface area contributed by atoms with Crippen molar-refractivity contribution in [3.05, 3.63) is 70.9 Å². The summed E-state index contributed by atoms with van der Waals surface area (Å²) in [7, 11) is -2.28. The van der Waals surface area contributed by atoms with Gasteiger partial charge in [0.15, 0.2) is 0 Å². The standard InChI is InChI=1S/C34H38F2N6O6S/c1-4-48-33(43)22-5-6-26(28(36)16-22)21-7-9-41(10-8-21)20-24-15-25(35)18-27-30(38-34(39-31(24)27)42-11-13-47-14-12-42)23-17-29(40-49(3,44)45)32(46-2)37-19-23/h5-6,15-19,21,40H,4,7-14,20H2,1-3H3. The lowest BCUT2D eigenvalue weighted by Gasteiger charge is -2.32. The van der Waals surface area contributed by atoms with Gasteiger partial charge in [0.25, 0.3) is 0 Å². The molecule has 1 N–H and O–H groups in total. The molecule has 4 aromatic rings. The fraction of sp³-hybridized carbons (Fsp3) is 0.412. The van der Waals surface area contributed by atoms with Crippen LogP contribution in [-0.2, 0) is 26.0 Å². The quantitative estimate of drug-likeness (QED) is 0.230. The molecule has 2 fully saturated rings. The number of fused-ring (bicyclic) bond motifs is 1. The van der Waals surface area contributed by atoms with Crippen LogP contribution in [0.3, 0.4) is 0 Å². The third-order valence-electron chi connectivity index (χ3n) is 8.67. The number of esters is 1. The number of pyridine rings is 1. The normalized spacial score (nSPS) is 16.1. The molecule has 4 heterocycles. The van der Waals surface area contributed by atoms with Gasteiger partial charge >= 0.3 is 5.97 Å². The number of halogens is 2. The summed E-state index contributed by atoms with van der Waals surface area (Å²) in [6.45, 7) is 5.71. The van der Waals surface area contributed by atoms with Crippen LogP contribution in [0, 0.1) is 11.6 Å². The summed E-state index contributed by atoms with van der Waals surface area (Å²) in [6.07, 6.45) is 3.88. The van der Waals surface area contributed by atoms with E-state index in [1.807, 2.05) is 4.90 Å². The molecule has 6 rings (SSSR count). The van der Waals surface area contributed by atoms with Crippen molar-refractivity contribution in [2.45, 2.75) is 32.2 Å². The summed E-state index contributed by atoms with van der Waals surface area (Å²) in [5, 5.41) is 0.447. The van der Waals surface area contributed by atoms with Crippen molar-refractivity contribution in [2.75, 3.05) is 69.0 Å². The van der Waals surface area contributed by atoms with Gasteiger partial charge in [-0.2, -0.15) is 0 Å². The molecule has 15 heteroatoms. The Balaban J connectivity index is 1.32. The lowest BCUT2D eigenvalue weighted by Crippen LogP contribution is -2.37. The van der Waals surface area contributed by atoms with Crippen LogP contribution in [0.4, 0.5) is 20.4 Å². The molecule has 0 spiro atoms. The van der Waals surface area contributed by atoms with Gasteiger partial charge in [0, 0.05) is 36.8 Å². The maximum atomic E-state index is 15.4. The van der Waals surface area contributed by atoms with Crippen molar-refractivity contribution < 1.29 is 36.2 Å². The number of nitrogens with zero attached hydrogens (tertiary/aromatic N) is 5. The van der Waals surface area contributed by atoms with Crippen LogP contribution in [-0.4, -0.2) is 93.6 Å². The van der Waals surface area contributed by atoms with E-state index in [4.69, 9.17) is 24.2 Å². The van der Waals surface area contributed by atoms with Crippen molar-refractivity contribution in [1.29, 1.82) is 0 Å². The summed E-state index contributed by atoms with van der Waals surface area (Å²) in [6, 6.07) is 8.92. The number of likely N-dealkylation sites (tertiary alicyclic amines) is 1. The Hall–Kier alpha value is -4.47. The lowest BCUT2D eigenvalue weighted by molar-refractivity contribution is 0.0525. The topological polar surface area (TPSA) is 136 Å². The molecule has 2 aliphatic rings. The minimum absolute atomic E-state index is 0.0316. The number of sulfonamides is 1. The van der Waals surface area contributed by atoms with Gasteiger partial charge in [0.05, 0.1) is 50.0 Å². The Morgan fingerprint density at radius 2 is 1.82 bits per heavy atom. The second-order valence-corrected chi connectivity index (χ2v) is 13.8. The second-order valence-electron chi connectivity index (χ2n) is 12.1. The SMILES string of the molecule is CCOC(=O)c1ccc(C2CCN(Cc3cc(F)cc4c(-c5cnc(OC)c(NS(C)(=O)=O)c5)nc(N5CCOCC5)nc34)CC2)c(F)c1. The number of aromatic nitrogens is 3. The van der Waals surface area contributed by atoms with Crippen LogP contribution in [0.25, 0.3) is 22.2 Å². The summed E-state index contributed by atoms with van der Waals surface area (Å²) in [5.74, 6) is -0.971. The third kappa shape index (κ3) is 7.89. The highest BCUT2D eigenvalue weighted by Crippen LogP contribution is 2.36. The minimum atomic E-state index is -3.67. The number of rotatable bonds is 10. The molecule has 2 aromatic carbocycles. The Bertz CT molecular complexity index is 1970. The lowest BCUT2D eigenvalue weighted by atomic mass is 9.88. The Kier molecular flexibility index (Phi) is 10.2. The number of benzene rings is 2. The number of piperidine rings is 1. The maximum Gasteiger partial charge on any atom is 0.338 e. The molecule has 0 bridgehead atoms. The van der Waals surface area contributed by atoms with Gasteiger partial charge in [-0.25, -0.2) is 36.9 Å². The molecule has 0 atom stereocenters. The van der Waals surface area contributed by atoms with Crippen LogP contribution >= 0.6 is 0 Å². The highest BCUT2D eigenvalue weighted by molar-refractivity contribution is 7.92. The molecule has 2 aliphatic heterocycles. The Morgan fingerprint density at radius 1 is 1.06 bits per heavy atom. The van der Waals surface area contributed by atoms with E-state index in [9.17, 15) is 13.2 Å². The molecular formula is C34H38F2N6O6S. The van der Waals surface area contributed by atoms with Crippen LogP contribution in [0.1, 0.15) is 47.2 Å².